The number of benzene rings is 3. The van der Waals surface area contributed by atoms with Gasteiger partial charge in [0.15, 0.2) is 0 Å². The van der Waals surface area contributed by atoms with Gasteiger partial charge in [0.05, 0.1) is 22.0 Å². The standard InChI is InChI=1S/C27H28N4O4S/c1-4-21-13-11-12-18-24(21)30(36(34,35)23-16-9-6-10-17-23)19-25(32)28-26-20(2)29(3)31(27(26)33)22-14-7-5-8-15-22/h5-18H,4,19H2,1-3H3,(H,28,32). The van der Waals surface area contributed by atoms with E-state index in [0.29, 0.717) is 23.5 Å². The van der Waals surface area contributed by atoms with E-state index < -0.39 is 28.0 Å². The van der Waals surface area contributed by atoms with Crippen LogP contribution in [0.1, 0.15) is 18.2 Å². The first-order valence-electron chi connectivity index (χ1n) is 11.5. The molecule has 0 atom stereocenters. The van der Waals surface area contributed by atoms with Crippen LogP contribution >= 0.6 is 0 Å². The molecule has 1 aromatic heterocycles. The smallest absolute Gasteiger partial charge is 0.295 e. The van der Waals surface area contributed by atoms with E-state index in [1.807, 2.05) is 37.3 Å². The average molecular weight is 505 g/mol. The average Bonchev–Trinajstić information content (AvgIpc) is 3.11. The molecule has 0 saturated heterocycles. The van der Waals surface area contributed by atoms with Crippen LogP contribution in [0.2, 0.25) is 0 Å². The maximum absolute atomic E-state index is 13.6. The largest absolute Gasteiger partial charge is 0.318 e. The van der Waals surface area contributed by atoms with Crippen molar-refractivity contribution in [1.82, 2.24) is 9.36 Å². The molecule has 9 heteroatoms. The highest BCUT2D eigenvalue weighted by Gasteiger charge is 2.29. The molecule has 4 aromatic rings. The van der Waals surface area contributed by atoms with Crippen LogP contribution in [0, 0.1) is 6.92 Å². The number of amides is 1. The molecule has 0 fully saturated rings. The number of para-hydroxylation sites is 2. The van der Waals surface area contributed by atoms with E-state index in [2.05, 4.69) is 5.32 Å². The van der Waals surface area contributed by atoms with Crippen LogP contribution in [-0.4, -0.2) is 30.2 Å². The second kappa shape index (κ2) is 10.2. The van der Waals surface area contributed by atoms with Gasteiger partial charge < -0.3 is 5.32 Å². The lowest BCUT2D eigenvalue weighted by Gasteiger charge is -2.26. The van der Waals surface area contributed by atoms with E-state index in [1.54, 1.807) is 61.1 Å². The minimum absolute atomic E-state index is 0.0750. The summed E-state index contributed by atoms with van der Waals surface area (Å²) >= 11 is 0. The first-order chi connectivity index (χ1) is 17.3. The predicted molar refractivity (Wildman–Crippen MR) is 141 cm³/mol. The van der Waals surface area contributed by atoms with Crippen molar-refractivity contribution in [2.45, 2.75) is 25.2 Å². The van der Waals surface area contributed by atoms with Crippen LogP contribution in [0.15, 0.2) is 94.6 Å². The number of sulfonamides is 1. The highest BCUT2D eigenvalue weighted by molar-refractivity contribution is 7.92. The Hall–Kier alpha value is -4.11. The highest BCUT2D eigenvalue weighted by atomic mass is 32.2. The monoisotopic (exact) mass is 504 g/mol. The molecule has 0 saturated carbocycles. The molecule has 0 aliphatic rings. The van der Waals surface area contributed by atoms with Crippen LogP contribution < -0.4 is 15.2 Å². The van der Waals surface area contributed by atoms with Gasteiger partial charge in [-0.1, -0.05) is 61.5 Å². The normalized spacial score (nSPS) is 11.3. The number of hydrogen-bond acceptors (Lipinski definition) is 4. The second-order valence-corrected chi connectivity index (χ2v) is 10.2. The van der Waals surface area contributed by atoms with Crippen LogP contribution in [0.4, 0.5) is 11.4 Å². The van der Waals surface area contributed by atoms with Gasteiger partial charge in [-0.2, -0.15) is 0 Å². The molecule has 1 amide bonds. The fraction of sp³-hybridized carbons (Fsp3) is 0.185. The number of anilines is 2. The third kappa shape index (κ3) is 4.70. The van der Waals surface area contributed by atoms with Crippen molar-refractivity contribution in [1.29, 1.82) is 0 Å². The van der Waals surface area contributed by atoms with Gasteiger partial charge in [-0.15, -0.1) is 0 Å². The Bertz CT molecular complexity index is 1540. The van der Waals surface area contributed by atoms with E-state index >= 15 is 0 Å². The minimum Gasteiger partial charge on any atom is -0.318 e. The zero-order chi connectivity index (χ0) is 25.9. The van der Waals surface area contributed by atoms with Crippen molar-refractivity contribution in [3.63, 3.8) is 0 Å². The van der Waals surface area contributed by atoms with Gasteiger partial charge in [0.1, 0.15) is 12.2 Å². The number of nitrogens with one attached hydrogen (secondary N) is 1. The number of nitrogens with zero attached hydrogens (tertiary/aromatic N) is 3. The van der Waals surface area contributed by atoms with E-state index in [-0.39, 0.29) is 10.6 Å². The van der Waals surface area contributed by atoms with E-state index in [1.165, 1.54) is 16.8 Å². The Kier molecular flexibility index (Phi) is 7.12. The van der Waals surface area contributed by atoms with Gasteiger partial charge in [-0.25, -0.2) is 13.1 Å². The molecule has 1 N–H and O–H groups in total. The lowest BCUT2D eigenvalue weighted by molar-refractivity contribution is -0.114. The maximum Gasteiger partial charge on any atom is 0.295 e. The first kappa shape index (κ1) is 25.0. The maximum atomic E-state index is 13.6. The topological polar surface area (TPSA) is 93.4 Å². The van der Waals surface area contributed by atoms with Crippen LogP contribution in [0.5, 0.6) is 0 Å². The molecule has 186 valence electrons. The number of hydrogen-bond donors (Lipinski definition) is 1. The second-order valence-electron chi connectivity index (χ2n) is 8.29. The zero-order valence-electron chi connectivity index (χ0n) is 20.4. The fourth-order valence-electron chi connectivity index (χ4n) is 4.09. The molecule has 0 radical (unpaired) electrons. The van der Waals surface area contributed by atoms with E-state index in [9.17, 15) is 18.0 Å². The lowest BCUT2D eigenvalue weighted by atomic mass is 10.1. The minimum atomic E-state index is -4.06. The lowest BCUT2D eigenvalue weighted by Crippen LogP contribution is -2.39. The molecule has 1 heterocycles. The summed E-state index contributed by atoms with van der Waals surface area (Å²) in [6.07, 6.45) is 0.582. The summed E-state index contributed by atoms with van der Waals surface area (Å²) in [7, 11) is -2.33. The van der Waals surface area contributed by atoms with E-state index in [0.717, 1.165) is 9.87 Å². The molecule has 0 aliphatic carbocycles. The van der Waals surface area contributed by atoms with Gasteiger partial charge >= 0.3 is 0 Å². The molecular weight excluding hydrogens is 476 g/mol. The highest BCUT2D eigenvalue weighted by Crippen LogP contribution is 2.27. The van der Waals surface area contributed by atoms with Crippen LogP contribution in [0.3, 0.4) is 0 Å². The van der Waals surface area contributed by atoms with Crippen molar-refractivity contribution in [3.8, 4) is 5.69 Å². The molecule has 36 heavy (non-hydrogen) atoms. The summed E-state index contributed by atoms with van der Waals surface area (Å²) in [6, 6.07) is 24.1. The summed E-state index contributed by atoms with van der Waals surface area (Å²) in [5.74, 6) is -0.619. The Balaban J connectivity index is 1.72. The number of carbonyl (C=O) groups excluding carboxylic acids is 1. The molecule has 4 rings (SSSR count). The van der Waals surface area contributed by atoms with E-state index in [4.69, 9.17) is 0 Å². The van der Waals surface area contributed by atoms with Gasteiger partial charge in [0.25, 0.3) is 15.6 Å². The Morgan fingerprint density at radius 1 is 0.917 bits per heavy atom. The number of aromatic nitrogens is 2. The van der Waals surface area contributed by atoms with Crippen LogP contribution in [-0.2, 0) is 28.3 Å². The summed E-state index contributed by atoms with van der Waals surface area (Å²) < 4.78 is 31.5. The van der Waals surface area contributed by atoms with Crippen molar-refractivity contribution in [2.24, 2.45) is 7.05 Å². The third-order valence-corrected chi connectivity index (χ3v) is 7.85. The summed E-state index contributed by atoms with van der Waals surface area (Å²) in [5, 5.41) is 2.67. The predicted octanol–water partition coefficient (Wildman–Crippen LogP) is 3.88. The first-order valence-corrected chi connectivity index (χ1v) is 13.0. The Morgan fingerprint density at radius 3 is 2.14 bits per heavy atom. The molecule has 0 bridgehead atoms. The Morgan fingerprint density at radius 2 is 1.50 bits per heavy atom. The number of aryl methyl sites for hydroxylation is 1. The van der Waals surface area contributed by atoms with Crippen molar-refractivity contribution in [2.75, 3.05) is 16.2 Å². The van der Waals surface area contributed by atoms with Gasteiger partial charge in [0.2, 0.25) is 5.91 Å². The summed E-state index contributed by atoms with van der Waals surface area (Å²) in [6.45, 7) is 3.15. The Labute approximate surface area is 210 Å². The van der Waals surface area contributed by atoms with Crippen molar-refractivity contribution in [3.05, 3.63) is 107 Å². The summed E-state index contributed by atoms with van der Waals surface area (Å²) in [4.78, 5) is 26.6. The molecule has 0 spiro atoms. The molecular formula is C27H28N4O4S. The van der Waals surface area contributed by atoms with Crippen LogP contribution in [0.25, 0.3) is 5.69 Å². The molecule has 0 unspecified atom stereocenters. The molecule has 8 nitrogen and oxygen atoms in total. The fourth-order valence-corrected chi connectivity index (χ4v) is 5.57. The molecule has 3 aromatic carbocycles. The quantitative estimate of drug-likeness (QED) is 0.394. The van der Waals surface area contributed by atoms with Crippen molar-refractivity contribution < 1.29 is 13.2 Å². The zero-order valence-corrected chi connectivity index (χ0v) is 21.2. The van der Waals surface area contributed by atoms with Gasteiger partial charge in [-0.3, -0.25) is 18.6 Å². The summed E-state index contributed by atoms with van der Waals surface area (Å²) in [5.41, 5.74) is 2.10. The number of carbonyl (C=O) groups is 1. The van der Waals surface area contributed by atoms with Gasteiger partial charge in [0, 0.05) is 7.05 Å². The van der Waals surface area contributed by atoms with Crippen molar-refractivity contribution >= 4 is 27.3 Å². The molecule has 0 aliphatic heterocycles. The SMILES string of the molecule is CCc1ccccc1N(CC(=O)Nc1c(C)n(C)n(-c2ccccc2)c1=O)S(=O)(=O)c1ccccc1. The number of rotatable bonds is 8. The third-order valence-electron chi connectivity index (χ3n) is 6.08. The van der Waals surface area contributed by atoms with Gasteiger partial charge in [-0.05, 0) is 49.2 Å².